The Labute approximate surface area is 73.1 Å². The minimum Gasteiger partial charge on any atom is -0.468 e. The molecule has 0 rings (SSSR count). The predicted molar refractivity (Wildman–Crippen MR) is 45.7 cm³/mol. The van der Waals surface area contributed by atoms with E-state index in [0.29, 0.717) is 12.8 Å². The molecule has 0 aromatic carbocycles. The van der Waals surface area contributed by atoms with Crippen molar-refractivity contribution >= 4 is 11.8 Å². The molecular weight excluding hydrogens is 156 g/mol. The van der Waals surface area contributed by atoms with Gasteiger partial charge in [-0.2, -0.15) is 0 Å². The second kappa shape index (κ2) is 5.75. The van der Waals surface area contributed by atoms with Crippen molar-refractivity contribution in [3.63, 3.8) is 0 Å². The van der Waals surface area contributed by atoms with Gasteiger partial charge in [-0.1, -0.05) is 13.8 Å². The van der Waals surface area contributed by atoms with Gasteiger partial charge in [-0.05, 0) is 12.8 Å². The van der Waals surface area contributed by atoms with E-state index in [0.717, 1.165) is 6.42 Å². The van der Waals surface area contributed by atoms with E-state index in [4.69, 9.17) is 0 Å². The van der Waals surface area contributed by atoms with Crippen LogP contribution in [0.25, 0.3) is 0 Å². The van der Waals surface area contributed by atoms with Crippen LogP contribution in [0.2, 0.25) is 0 Å². The van der Waals surface area contributed by atoms with Gasteiger partial charge in [0.15, 0.2) is 0 Å². The topological polar surface area (TPSA) is 43.4 Å². The van der Waals surface area contributed by atoms with Gasteiger partial charge in [-0.3, -0.25) is 9.59 Å². The van der Waals surface area contributed by atoms with Crippen LogP contribution in [0, 0.1) is 5.92 Å². The van der Waals surface area contributed by atoms with Gasteiger partial charge in [-0.25, -0.2) is 0 Å². The van der Waals surface area contributed by atoms with E-state index in [-0.39, 0.29) is 5.78 Å². The van der Waals surface area contributed by atoms with E-state index in [9.17, 15) is 9.59 Å². The van der Waals surface area contributed by atoms with Crippen molar-refractivity contribution < 1.29 is 14.3 Å². The zero-order chi connectivity index (χ0) is 9.56. The second-order valence-corrected chi connectivity index (χ2v) is 2.70. The summed E-state index contributed by atoms with van der Waals surface area (Å²) in [6.45, 7) is 3.73. The molecule has 1 unspecified atom stereocenters. The van der Waals surface area contributed by atoms with Gasteiger partial charge in [0, 0.05) is 6.42 Å². The van der Waals surface area contributed by atoms with Crippen molar-refractivity contribution in [2.45, 2.75) is 33.1 Å². The lowest BCUT2D eigenvalue weighted by atomic mass is 9.98. The summed E-state index contributed by atoms with van der Waals surface area (Å²) in [6.07, 6.45) is 1.78. The molecule has 0 heterocycles. The maximum absolute atomic E-state index is 11.3. The Balaban J connectivity index is 4.14. The third-order valence-corrected chi connectivity index (χ3v) is 1.78. The SMILES string of the molecule is CCCC(=O)C(CC)C(=O)OC. The van der Waals surface area contributed by atoms with E-state index < -0.39 is 11.9 Å². The molecular formula is C9H16O3. The maximum atomic E-state index is 11.3. The normalized spacial score (nSPS) is 12.2. The Morgan fingerprint density at radius 1 is 1.33 bits per heavy atom. The largest absolute Gasteiger partial charge is 0.468 e. The summed E-state index contributed by atoms with van der Waals surface area (Å²) in [5, 5.41) is 0. The van der Waals surface area contributed by atoms with Crippen LogP contribution >= 0.6 is 0 Å². The summed E-state index contributed by atoms with van der Waals surface area (Å²) < 4.78 is 4.51. The molecule has 0 spiro atoms. The first-order valence-electron chi connectivity index (χ1n) is 4.27. The van der Waals surface area contributed by atoms with Crippen LogP contribution in [0.4, 0.5) is 0 Å². The zero-order valence-corrected chi connectivity index (χ0v) is 7.92. The molecule has 0 aromatic heterocycles. The first-order chi connectivity index (χ1) is 5.67. The number of ether oxygens (including phenoxy) is 1. The van der Waals surface area contributed by atoms with Crippen LogP contribution in [-0.4, -0.2) is 18.9 Å². The van der Waals surface area contributed by atoms with Crippen molar-refractivity contribution in [3.8, 4) is 0 Å². The fourth-order valence-corrected chi connectivity index (χ4v) is 1.09. The molecule has 0 radical (unpaired) electrons. The van der Waals surface area contributed by atoms with Crippen LogP contribution < -0.4 is 0 Å². The predicted octanol–water partition coefficient (Wildman–Crippen LogP) is 1.55. The monoisotopic (exact) mass is 172 g/mol. The molecule has 70 valence electrons. The lowest BCUT2D eigenvalue weighted by Gasteiger charge is -2.09. The summed E-state index contributed by atoms with van der Waals surface area (Å²) >= 11 is 0. The average molecular weight is 172 g/mol. The highest BCUT2D eigenvalue weighted by Crippen LogP contribution is 2.09. The van der Waals surface area contributed by atoms with Crippen LogP contribution in [0.5, 0.6) is 0 Å². The van der Waals surface area contributed by atoms with Crippen molar-refractivity contribution in [2.75, 3.05) is 7.11 Å². The van der Waals surface area contributed by atoms with E-state index >= 15 is 0 Å². The van der Waals surface area contributed by atoms with E-state index in [2.05, 4.69) is 4.74 Å². The number of Topliss-reactive ketones (excluding diaryl/α,β-unsaturated/α-hetero) is 1. The Kier molecular flexibility index (Phi) is 5.34. The van der Waals surface area contributed by atoms with Crippen molar-refractivity contribution in [1.29, 1.82) is 0 Å². The van der Waals surface area contributed by atoms with Crippen LogP contribution in [0.3, 0.4) is 0 Å². The van der Waals surface area contributed by atoms with Crippen molar-refractivity contribution in [2.24, 2.45) is 5.92 Å². The molecule has 0 saturated carbocycles. The number of hydrogen-bond acceptors (Lipinski definition) is 3. The lowest BCUT2D eigenvalue weighted by Crippen LogP contribution is -2.24. The lowest BCUT2D eigenvalue weighted by molar-refractivity contribution is -0.149. The molecule has 0 fully saturated rings. The molecule has 0 aliphatic heterocycles. The number of carbonyl (C=O) groups is 2. The highest BCUT2D eigenvalue weighted by atomic mass is 16.5. The Bertz CT molecular complexity index is 163. The first kappa shape index (κ1) is 11.1. The first-order valence-corrected chi connectivity index (χ1v) is 4.27. The number of methoxy groups -OCH3 is 1. The number of carbonyl (C=O) groups excluding carboxylic acids is 2. The summed E-state index contributed by atoms with van der Waals surface area (Å²) in [7, 11) is 1.31. The Morgan fingerprint density at radius 2 is 1.92 bits per heavy atom. The smallest absolute Gasteiger partial charge is 0.316 e. The molecule has 3 heteroatoms. The van der Waals surface area contributed by atoms with Crippen LogP contribution in [0.1, 0.15) is 33.1 Å². The quantitative estimate of drug-likeness (QED) is 0.467. The fourth-order valence-electron chi connectivity index (χ4n) is 1.09. The summed E-state index contributed by atoms with van der Waals surface area (Å²) in [5.41, 5.74) is 0. The molecule has 0 aliphatic rings. The number of esters is 1. The number of ketones is 1. The molecule has 12 heavy (non-hydrogen) atoms. The van der Waals surface area contributed by atoms with E-state index in [1.54, 1.807) is 0 Å². The van der Waals surface area contributed by atoms with Gasteiger partial charge in [0.1, 0.15) is 11.7 Å². The van der Waals surface area contributed by atoms with Gasteiger partial charge in [-0.15, -0.1) is 0 Å². The average Bonchev–Trinajstić information content (AvgIpc) is 2.06. The van der Waals surface area contributed by atoms with Gasteiger partial charge in [0.05, 0.1) is 7.11 Å². The Hall–Kier alpha value is -0.860. The summed E-state index contributed by atoms with van der Waals surface area (Å²) in [5.74, 6) is -0.960. The highest BCUT2D eigenvalue weighted by Gasteiger charge is 2.23. The van der Waals surface area contributed by atoms with Gasteiger partial charge >= 0.3 is 5.97 Å². The van der Waals surface area contributed by atoms with Gasteiger partial charge in [0.25, 0.3) is 0 Å². The zero-order valence-electron chi connectivity index (χ0n) is 7.92. The summed E-state index contributed by atoms with van der Waals surface area (Å²) in [6, 6.07) is 0. The van der Waals surface area contributed by atoms with E-state index in [1.165, 1.54) is 7.11 Å². The molecule has 0 bridgehead atoms. The molecule has 3 nitrogen and oxygen atoms in total. The molecule has 0 N–H and O–H groups in total. The van der Waals surface area contributed by atoms with Crippen molar-refractivity contribution in [3.05, 3.63) is 0 Å². The fraction of sp³-hybridized carbons (Fsp3) is 0.778. The van der Waals surface area contributed by atoms with E-state index in [1.807, 2.05) is 13.8 Å². The van der Waals surface area contributed by atoms with Crippen molar-refractivity contribution in [1.82, 2.24) is 0 Å². The third-order valence-electron chi connectivity index (χ3n) is 1.78. The standard InChI is InChI=1S/C9H16O3/c1-4-6-8(10)7(5-2)9(11)12-3/h7H,4-6H2,1-3H3. The highest BCUT2D eigenvalue weighted by molar-refractivity contribution is 5.98. The third kappa shape index (κ3) is 3.03. The number of rotatable bonds is 5. The molecule has 0 aromatic rings. The minimum atomic E-state index is -0.546. The van der Waals surface area contributed by atoms with Gasteiger partial charge in [0.2, 0.25) is 0 Å². The second-order valence-electron chi connectivity index (χ2n) is 2.70. The summed E-state index contributed by atoms with van der Waals surface area (Å²) in [4.78, 5) is 22.3. The molecule has 1 atom stereocenters. The van der Waals surface area contributed by atoms with Gasteiger partial charge < -0.3 is 4.74 Å². The maximum Gasteiger partial charge on any atom is 0.316 e. The molecule has 0 aliphatic carbocycles. The molecule has 0 saturated heterocycles. The molecule has 0 amide bonds. The van der Waals surface area contributed by atoms with Crippen LogP contribution in [0.15, 0.2) is 0 Å². The van der Waals surface area contributed by atoms with Crippen LogP contribution in [-0.2, 0) is 14.3 Å². The Morgan fingerprint density at radius 3 is 2.25 bits per heavy atom. The minimum absolute atomic E-state index is 0.00755. The number of hydrogen-bond donors (Lipinski definition) is 0.